The summed E-state index contributed by atoms with van der Waals surface area (Å²) in [6.45, 7) is 3.51. The normalized spacial score (nSPS) is 16.8. The molecular formula is C31H37N7O4. The van der Waals surface area contributed by atoms with Crippen LogP contribution < -0.4 is 24.4 Å². The van der Waals surface area contributed by atoms with Crippen molar-refractivity contribution in [3.8, 4) is 22.9 Å². The average molecular weight is 572 g/mol. The van der Waals surface area contributed by atoms with E-state index in [9.17, 15) is 5.11 Å². The van der Waals surface area contributed by atoms with Crippen LogP contribution in [0.3, 0.4) is 0 Å². The fraction of sp³-hybridized carbons (Fsp3) is 0.387. The predicted octanol–water partition coefficient (Wildman–Crippen LogP) is 3.95. The van der Waals surface area contributed by atoms with Crippen molar-refractivity contribution in [2.24, 2.45) is 0 Å². The van der Waals surface area contributed by atoms with E-state index in [2.05, 4.69) is 44.4 Å². The molecule has 11 nitrogen and oxygen atoms in total. The van der Waals surface area contributed by atoms with Crippen LogP contribution in [0.4, 0.5) is 17.6 Å². The number of hydrogen-bond donors (Lipinski definition) is 2. The van der Waals surface area contributed by atoms with Crippen molar-refractivity contribution in [2.75, 3.05) is 51.2 Å². The highest BCUT2D eigenvalue weighted by Crippen LogP contribution is 2.39. The van der Waals surface area contributed by atoms with E-state index in [1.54, 1.807) is 27.7 Å². The van der Waals surface area contributed by atoms with Gasteiger partial charge in [0.15, 0.2) is 17.3 Å². The number of methoxy groups -OCH3 is 3. The minimum absolute atomic E-state index is 0.0680. The molecule has 0 spiro atoms. The van der Waals surface area contributed by atoms with E-state index in [4.69, 9.17) is 24.2 Å². The molecule has 0 amide bonds. The van der Waals surface area contributed by atoms with Crippen molar-refractivity contribution in [1.82, 2.24) is 24.4 Å². The Hall–Kier alpha value is -4.35. The molecule has 0 bridgehead atoms. The molecule has 220 valence electrons. The lowest BCUT2D eigenvalue weighted by molar-refractivity contribution is 0.240. The van der Waals surface area contributed by atoms with Crippen molar-refractivity contribution in [1.29, 1.82) is 0 Å². The highest BCUT2D eigenvalue weighted by molar-refractivity contribution is 5.60. The van der Waals surface area contributed by atoms with Gasteiger partial charge in [0.05, 0.1) is 51.6 Å². The SMILES string of the molecule is COc1cc(-n2cnc(Nc3nc4c(c(N5CCCC5CO)n3)CCN(Cc3ccccc3)C4)c2)cc(OC)c1OC. The van der Waals surface area contributed by atoms with Gasteiger partial charge < -0.3 is 34.1 Å². The molecular weight excluding hydrogens is 534 g/mol. The largest absolute Gasteiger partial charge is 0.493 e. The van der Waals surface area contributed by atoms with Gasteiger partial charge in [-0.15, -0.1) is 0 Å². The van der Waals surface area contributed by atoms with Gasteiger partial charge in [0.2, 0.25) is 11.7 Å². The monoisotopic (exact) mass is 571 g/mol. The summed E-state index contributed by atoms with van der Waals surface area (Å²) in [5.41, 5.74) is 4.27. The molecule has 1 saturated heterocycles. The third kappa shape index (κ3) is 5.57. The number of fused-ring (bicyclic) bond motifs is 1. The van der Waals surface area contributed by atoms with Crippen LogP contribution in [0.1, 0.15) is 29.7 Å². The Morgan fingerprint density at radius 1 is 1.00 bits per heavy atom. The number of hydrogen-bond acceptors (Lipinski definition) is 10. The van der Waals surface area contributed by atoms with E-state index in [-0.39, 0.29) is 12.6 Å². The molecule has 1 unspecified atom stereocenters. The number of anilines is 3. The zero-order chi connectivity index (χ0) is 29.1. The Kier molecular flexibility index (Phi) is 8.11. The van der Waals surface area contributed by atoms with E-state index >= 15 is 0 Å². The molecule has 2 aliphatic rings. The minimum Gasteiger partial charge on any atom is -0.493 e. The fourth-order valence-electron chi connectivity index (χ4n) is 5.90. The fourth-order valence-corrected chi connectivity index (χ4v) is 5.90. The second-order valence-corrected chi connectivity index (χ2v) is 10.6. The summed E-state index contributed by atoms with van der Waals surface area (Å²) in [4.78, 5) is 19.2. The van der Waals surface area contributed by atoms with Crippen LogP contribution in [0.2, 0.25) is 0 Å². The predicted molar refractivity (Wildman–Crippen MR) is 160 cm³/mol. The Morgan fingerprint density at radius 3 is 2.50 bits per heavy atom. The molecule has 0 saturated carbocycles. The number of rotatable bonds is 10. The standard InChI is InChI=1S/C31H37N7O4/c1-40-26-14-23(15-27(41-2)29(26)42-3)37-18-28(32-20-37)34-31-33-25-17-36(16-21-8-5-4-6-9-21)13-11-24(25)30(35-31)38-12-7-10-22(38)19-39/h4-6,8-9,14-15,18,20,22,39H,7,10-13,16-17,19H2,1-3H3,(H,33,34,35). The van der Waals surface area contributed by atoms with Gasteiger partial charge in [-0.05, 0) is 24.8 Å². The van der Waals surface area contributed by atoms with Crippen LogP contribution in [-0.4, -0.2) is 76.6 Å². The Morgan fingerprint density at radius 2 is 1.79 bits per heavy atom. The summed E-state index contributed by atoms with van der Waals surface area (Å²) in [7, 11) is 4.77. The molecule has 2 aromatic carbocycles. The quantitative estimate of drug-likeness (QED) is 0.290. The number of benzene rings is 2. The lowest BCUT2D eigenvalue weighted by Crippen LogP contribution is -2.37. The zero-order valence-electron chi connectivity index (χ0n) is 24.3. The number of imidazole rings is 1. The lowest BCUT2D eigenvalue weighted by atomic mass is 10.0. The highest BCUT2D eigenvalue weighted by Gasteiger charge is 2.31. The summed E-state index contributed by atoms with van der Waals surface area (Å²) in [5, 5.41) is 13.4. The van der Waals surface area contributed by atoms with Gasteiger partial charge in [-0.3, -0.25) is 4.90 Å². The summed E-state index contributed by atoms with van der Waals surface area (Å²) in [6.07, 6.45) is 6.44. The number of aliphatic hydroxyl groups excluding tert-OH is 1. The summed E-state index contributed by atoms with van der Waals surface area (Å²) < 4.78 is 18.4. The number of ether oxygens (including phenoxy) is 3. The first-order valence-corrected chi connectivity index (χ1v) is 14.2. The van der Waals surface area contributed by atoms with Crippen LogP contribution in [0, 0.1) is 0 Å². The molecule has 11 heteroatoms. The van der Waals surface area contributed by atoms with Gasteiger partial charge in [-0.1, -0.05) is 30.3 Å². The third-order valence-electron chi connectivity index (χ3n) is 8.00. The van der Waals surface area contributed by atoms with Gasteiger partial charge in [0.25, 0.3) is 0 Å². The molecule has 42 heavy (non-hydrogen) atoms. The number of nitrogens with one attached hydrogen (secondary N) is 1. The number of nitrogens with zero attached hydrogens (tertiary/aromatic N) is 6. The van der Waals surface area contributed by atoms with Crippen molar-refractivity contribution in [2.45, 2.75) is 38.4 Å². The van der Waals surface area contributed by atoms with E-state index in [0.29, 0.717) is 29.0 Å². The smallest absolute Gasteiger partial charge is 0.230 e. The van der Waals surface area contributed by atoms with Crippen LogP contribution >= 0.6 is 0 Å². The molecule has 6 rings (SSSR count). The molecule has 4 aromatic rings. The third-order valence-corrected chi connectivity index (χ3v) is 8.00. The highest BCUT2D eigenvalue weighted by atomic mass is 16.5. The number of aliphatic hydroxyl groups is 1. The van der Waals surface area contributed by atoms with Crippen LogP contribution in [0.5, 0.6) is 17.2 Å². The first-order chi connectivity index (χ1) is 20.6. The Bertz CT molecular complexity index is 1500. The maximum Gasteiger partial charge on any atom is 0.230 e. The Labute approximate surface area is 245 Å². The number of aromatic nitrogens is 4. The molecule has 2 aliphatic heterocycles. The average Bonchev–Trinajstić information content (AvgIpc) is 3.70. The van der Waals surface area contributed by atoms with E-state index in [1.807, 2.05) is 29.0 Å². The van der Waals surface area contributed by atoms with Crippen molar-refractivity contribution in [3.63, 3.8) is 0 Å². The maximum absolute atomic E-state index is 10.1. The molecule has 0 aliphatic carbocycles. The topological polar surface area (TPSA) is 110 Å². The minimum atomic E-state index is 0.0680. The molecule has 2 aromatic heterocycles. The first-order valence-electron chi connectivity index (χ1n) is 14.2. The van der Waals surface area contributed by atoms with E-state index in [1.165, 1.54) is 11.1 Å². The second-order valence-electron chi connectivity index (χ2n) is 10.6. The van der Waals surface area contributed by atoms with Crippen molar-refractivity contribution >= 4 is 17.6 Å². The zero-order valence-corrected chi connectivity index (χ0v) is 24.3. The van der Waals surface area contributed by atoms with Gasteiger partial charge in [0, 0.05) is 43.9 Å². The summed E-state index contributed by atoms with van der Waals surface area (Å²) in [5.74, 6) is 3.66. The van der Waals surface area contributed by atoms with Gasteiger partial charge in [-0.2, -0.15) is 4.98 Å². The van der Waals surface area contributed by atoms with Crippen molar-refractivity contribution < 1.29 is 19.3 Å². The van der Waals surface area contributed by atoms with Crippen LogP contribution in [0.25, 0.3) is 5.69 Å². The molecule has 4 heterocycles. The lowest BCUT2D eigenvalue weighted by Gasteiger charge is -2.33. The molecule has 1 atom stereocenters. The maximum atomic E-state index is 10.1. The van der Waals surface area contributed by atoms with Crippen LogP contribution in [0.15, 0.2) is 55.0 Å². The summed E-state index contributed by atoms with van der Waals surface area (Å²) >= 11 is 0. The van der Waals surface area contributed by atoms with Crippen LogP contribution in [-0.2, 0) is 19.5 Å². The summed E-state index contributed by atoms with van der Waals surface area (Å²) in [6, 6.07) is 14.3. The van der Waals surface area contributed by atoms with Gasteiger partial charge >= 0.3 is 0 Å². The first kappa shape index (κ1) is 27.8. The van der Waals surface area contributed by atoms with Gasteiger partial charge in [0.1, 0.15) is 12.1 Å². The molecule has 2 N–H and O–H groups in total. The van der Waals surface area contributed by atoms with Gasteiger partial charge in [-0.25, -0.2) is 9.97 Å². The molecule has 0 radical (unpaired) electrons. The van der Waals surface area contributed by atoms with E-state index < -0.39 is 0 Å². The Balaban J connectivity index is 1.30. The molecule has 1 fully saturated rings. The second kappa shape index (κ2) is 12.3. The van der Waals surface area contributed by atoms with Crippen molar-refractivity contribution in [3.05, 3.63) is 71.8 Å². The van der Waals surface area contributed by atoms with E-state index in [0.717, 1.165) is 62.6 Å².